The third-order valence-electron chi connectivity index (χ3n) is 5.25. The number of hydrogen-bond acceptors (Lipinski definition) is 5. The topological polar surface area (TPSA) is 58.6 Å². The maximum Gasteiger partial charge on any atom is 0.194 e. The summed E-state index contributed by atoms with van der Waals surface area (Å²) in [5.74, 6) is 2.58. The summed E-state index contributed by atoms with van der Waals surface area (Å²) >= 11 is 0. The molecule has 1 N–H and O–H groups in total. The molecule has 1 aromatic rings. The summed E-state index contributed by atoms with van der Waals surface area (Å²) in [6.45, 7) is 9.37. The minimum Gasteiger partial charge on any atom is -0.497 e. The highest BCUT2D eigenvalue weighted by Crippen LogP contribution is 2.25. The first-order valence-electron chi connectivity index (χ1n) is 9.81. The summed E-state index contributed by atoms with van der Waals surface area (Å²) in [6, 6.07) is 6.46. The summed E-state index contributed by atoms with van der Waals surface area (Å²) in [5, 5.41) is 3.45. The zero-order valence-corrected chi connectivity index (χ0v) is 16.7. The Labute approximate surface area is 162 Å². The van der Waals surface area contributed by atoms with Crippen LogP contribution in [0.1, 0.15) is 18.9 Å². The molecule has 0 radical (unpaired) electrons. The molecule has 0 aliphatic carbocycles. The second-order valence-corrected chi connectivity index (χ2v) is 6.88. The molecular formula is C20H32N4O3. The Hall–Kier alpha value is -1.99. The van der Waals surface area contributed by atoms with Gasteiger partial charge in [-0.3, -0.25) is 4.90 Å². The van der Waals surface area contributed by atoms with Gasteiger partial charge in [-0.2, -0.15) is 0 Å². The van der Waals surface area contributed by atoms with Gasteiger partial charge >= 0.3 is 0 Å². The van der Waals surface area contributed by atoms with Gasteiger partial charge in [0, 0.05) is 50.4 Å². The van der Waals surface area contributed by atoms with Crippen LogP contribution in [0.4, 0.5) is 0 Å². The molecule has 7 heteroatoms. The number of rotatable bonds is 6. The van der Waals surface area contributed by atoms with Crippen LogP contribution in [0.5, 0.6) is 11.5 Å². The monoisotopic (exact) mass is 376 g/mol. The maximum absolute atomic E-state index is 5.50. The summed E-state index contributed by atoms with van der Waals surface area (Å²) in [7, 11) is 3.34. The van der Waals surface area contributed by atoms with Gasteiger partial charge in [0.2, 0.25) is 0 Å². The summed E-state index contributed by atoms with van der Waals surface area (Å²) in [4.78, 5) is 9.81. The fourth-order valence-corrected chi connectivity index (χ4v) is 3.74. The summed E-state index contributed by atoms with van der Waals surface area (Å²) < 4.78 is 16.3. The molecule has 2 aliphatic rings. The smallest absolute Gasteiger partial charge is 0.194 e. The second kappa shape index (κ2) is 9.80. The zero-order valence-electron chi connectivity index (χ0n) is 16.7. The van der Waals surface area contributed by atoms with Gasteiger partial charge < -0.3 is 24.4 Å². The predicted molar refractivity (Wildman–Crippen MR) is 107 cm³/mol. The first-order chi connectivity index (χ1) is 13.2. The lowest BCUT2D eigenvalue weighted by molar-refractivity contribution is 0.0195. The third kappa shape index (κ3) is 5.05. The predicted octanol–water partition coefficient (Wildman–Crippen LogP) is 1.58. The molecule has 1 unspecified atom stereocenters. The normalized spacial score (nSPS) is 21.4. The summed E-state index contributed by atoms with van der Waals surface area (Å²) in [6.07, 6.45) is 1.18. The molecule has 0 amide bonds. The number of aliphatic imine (C=N–C) groups is 1. The van der Waals surface area contributed by atoms with E-state index in [-0.39, 0.29) is 0 Å². The van der Waals surface area contributed by atoms with Crippen molar-refractivity contribution < 1.29 is 14.2 Å². The first kappa shape index (κ1) is 19.8. The Morgan fingerprint density at radius 3 is 2.74 bits per heavy atom. The van der Waals surface area contributed by atoms with Crippen molar-refractivity contribution in [1.82, 2.24) is 15.1 Å². The van der Waals surface area contributed by atoms with Crippen LogP contribution in [-0.2, 0) is 11.3 Å². The molecule has 1 aromatic carbocycles. The molecular weight excluding hydrogens is 344 g/mol. The molecule has 2 fully saturated rings. The van der Waals surface area contributed by atoms with Crippen LogP contribution >= 0.6 is 0 Å². The fourth-order valence-electron chi connectivity index (χ4n) is 3.74. The minimum atomic E-state index is 0.578. The van der Waals surface area contributed by atoms with Crippen molar-refractivity contribution in [2.45, 2.75) is 25.9 Å². The average molecular weight is 377 g/mol. The number of guanidine groups is 1. The number of methoxy groups -OCH3 is 2. The molecule has 7 nitrogen and oxygen atoms in total. The zero-order chi connectivity index (χ0) is 19.1. The van der Waals surface area contributed by atoms with Crippen LogP contribution in [0, 0.1) is 0 Å². The van der Waals surface area contributed by atoms with Gasteiger partial charge in [-0.15, -0.1) is 0 Å². The Bertz CT molecular complexity index is 632. The lowest BCUT2D eigenvalue weighted by atomic mass is 10.2. The van der Waals surface area contributed by atoms with E-state index in [0.29, 0.717) is 12.6 Å². The highest BCUT2D eigenvalue weighted by atomic mass is 16.5. The minimum absolute atomic E-state index is 0.578. The quantitative estimate of drug-likeness (QED) is 0.601. The molecule has 27 heavy (non-hydrogen) atoms. The molecule has 0 bridgehead atoms. The van der Waals surface area contributed by atoms with E-state index in [1.54, 1.807) is 14.2 Å². The number of nitrogens with one attached hydrogen (secondary N) is 1. The molecule has 0 aromatic heterocycles. The summed E-state index contributed by atoms with van der Waals surface area (Å²) in [5.41, 5.74) is 1.05. The van der Waals surface area contributed by atoms with Gasteiger partial charge in [0.15, 0.2) is 5.96 Å². The van der Waals surface area contributed by atoms with Crippen LogP contribution in [0.3, 0.4) is 0 Å². The SMILES string of the molecule is CCNC(=NCc1ccc(OC)cc1OC)N1CCC(N2CCOCC2)C1. The van der Waals surface area contributed by atoms with Gasteiger partial charge in [-0.05, 0) is 25.5 Å². The van der Waals surface area contributed by atoms with Crippen molar-refractivity contribution >= 4 is 5.96 Å². The molecule has 0 spiro atoms. The van der Waals surface area contributed by atoms with E-state index >= 15 is 0 Å². The molecule has 150 valence electrons. The van der Waals surface area contributed by atoms with Gasteiger partial charge in [0.05, 0.1) is 34.0 Å². The average Bonchev–Trinajstić information content (AvgIpc) is 3.21. The molecule has 1 atom stereocenters. The van der Waals surface area contributed by atoms with E-state index in [0.717, 1.165) is 69.0 Å². The van der Waals surface area contributed by atoms with Crippen molar-refractivity contribution in [3.05, 3.63) is 23.8 Å². The maximum atomic E-state index is 5.50. The van der Waals surface area contributed by atoms with Crippen molar-refractivity contribution in [1.29, 1.82) is 0 Å². The highest BCUT2D eigenvalue weighted by molar-refractivity contribution is 5.80. The molecule has 2 heterocycles. The van der Waals surface area contributed by atoms with E-state index in [1.165, 1.54) is 6.42 Å². The van der Waals surface area contributed by atoms with Gasteiger partial charge in [0.1, 0.15) is 11.5 Å². The standard InChI is InChI=1S/C20H32N4O3/c1-4-21-20(22-14-16-5-6-18(25-2)13-19(16)26-3)24-8-7-17(15-24)23-9-11-27-12-10-23/h5-6,13,17H,4,7-12,14-15H2,1-3H3,(H,21,22). The van der Waals surface area contributed by atoms with Crippen molar-refractivity contribution in [2.75, 3.05) is 60.2 Å². The Morgan fingerprint density at radius 2 is 2.04 bits per heavy atom. The number of benzene rings is 1. The van der Waals surface area contributed by atoms with E-state index in [2.05, 4.69) is 22.0 Å². The molecule has 3 rings (SSSR count). The third-order valence-corrected chi connectivity index (χ3v) is 5.25. The van der Waals surface area contributed by atoms with Crippen molar-refractivity contribution in [2.24, 2.45) is 4.99 Å². The lowest BCUT2D eigenvalue weighted by Crippen LogP contribution is -2.46. The number of nitrogens with zero attached hydrogens (tertiary/aromatic N) is 3. The van der Waals surface area contributed by atoms with Gasteiger partial charge in [-0.25, -0.2) is 4.99 Å². The Morgan fingerprint density at radius 1 is 1.22 bits per heavy atom. The highest BCUT2D eigenvalue weighted by Gasteiger charge is 2.30. The van der Waals surface area contributed by atoms with Crippen molar-refractivity contribution in [3.8, 4) is 11.5 Å². The van der Waals surface area contributed by atoms with E-state index < -0.39 is 0 Å². The van der Waals surface area contributed by atoms with E-state index in [1.807, 2.05) is 18.2 Å². The van der Waals surface area contributed by atoms with Crippen LogP contribution < -0.4 is 14.8 Å². The van der Waals surface area contributed by atoms with Gasteiger partial charge in [0.25, 0.3) is 0 Å². The Balaban J connectivity index is 1.66. The number of likely N-dealkylation sites (tertiary alicyclic amines) is 1. The molecule has 0 saturated carbocycles. The van der Waals surface area contributed by atoms with Crippen LogP contribution in [-0.4, -0.2) is 82.0 Å². The first-order valence-corrected chi connectivity index (χ1v) is 9.81. The van der Waals surface area contributed by atoms with Crippen LogP contribution in [0.25, 0.3) is 0 Å². The van der Waals surface area contributed by atoms with E-state index in [9.17, 15) is 0 Å². The number of ether oxygens (including phenoxy) is 3. The van der Waals surface area contributed by atoms with Crippen molar-refractivity contribution in [3.63, 3.8) is 0 Å². The van der Waals surface area contributed by atoms with E-state index in [4.69, 9.17) is 19.2 Å². The number of hydrogen-bond donors (Lipinski definition) is 1. The lowest BCUT2D eigenvalue weighted by Gasteiger charge is -2.32. The second-order valence-electron chi connectivity index (χ2n) is 6.88. The Kier molecular flexibility index (Phi) is 7.18. The molecule has 2 aliphatic heterocycles. The van der Waals surface area contributed by atoms with Crippen LogP contribution in [0.2, 0.25) is 0 Å². The fraction of sp³-hybridized carbons (Fsp3) is 0.650. The van der Waals surface area contributed by atoms with Crippen LogP contribution in [0.15, 0.2) is 23.2 Å². The number of morpholine rings is 1. The largest absolute Gasteiger partial charge is 0.497 e. The van der Waals surface area contributed by atoms with Gasteiger partial charge in [-0.1, -0.05) is 0 Å². The molecule has 2 saturated heterocycles.